The maximum atomic E-state index is 12.9. The molecule has 0 aliphatic carbocycles. The first-order valence-electron chi connectivity index (χ1n) is 30.7. The Labute approximate surface area is 472 Å². The summed E-state index contributed by atoms with van der Waals surface area (Å²) in [4.78, 5) is 37.3. The standard InChI is InChI=1S/C68H113NO8/c1-6-8-10-12-14-16-18-20-22-23-24-25-26-27-28-29-30-31-32-33-34-35-36-37-38-39-40-41-42-43-45-47-49-51-53-55-57-59-66(71)77-64(63-76-68(67(72)73)74-61-60-69(3,4)5)62-75-65(70)58-56-54-52-50-48-46-44-21-19-17-15-13-11-9-7-2/h8-11,14-17,20-22,24-25,27-28,30-31,33-34,44,64,68H,6-7,12-13,18-19,23,26,29,32,35-43,45-63H2,1-5H3/b10-8-,11-9-,16-14-,17-15-,22-20-,25-24-,28-27-,31-30-,34-33-,44-21-. The number of rotatable bonds is 55. The van der Waals surface area contributed by atoms with Crippen LogP contribution in [-0.2, 0) is 33.3 Å². The number of allylic oxidation sites excluding steroid dienone is 20. The summed E-state index contributed by atoms with van der Waals surface area (Å²) in [5.74, 6) is -2.31. The maximum Gasteiger partial charge on any atom is 0.306 e. The molecule has 0 aromatic carbocycles. The molecule has 0 saturated carbocycles. The van der Waals surface area contributed by atoms with Gasteiger partial charge >= 0.3 is 11.9 Å². The number of hydrogen-bond acceptors (Lipinski definition) is 8. The fraction of sp³-hybridized carbons (Fsp3) is 0.662. The Balaban J connectivity index is 4.11. The minimum absolute atomic E-state index is 0.140. The number of hydrogen-bond donors (Lipinski definition) is 0. The van der Waals surface area contributed by atoms with Gasteiger partial charge in [0.15, 0.2) is 12.4 Å². The van der Waals surface area contributed by atoms with E-state index < -0.39 is 24.3 Å². The summed E-state index contributed by atoms with van der Waals surface area (Å²) >= 11 is 0. The van der Waals surface area contributed by atoms with Gasteiger partial charge in [0.25, 0.3) is 0 Å². The van der Waals surface area contributed by atoms with Gasteiger partial charge in [-0.15, -0.1) is 0 Å². The first-order chi connectivity index (χ1) is 37.6. The molecule has 0 aliphatic rings. The van der Waals surface area contributed by atoms with Crippen LogP contribution in [0.5, 0.6) is 0 Å². The molecule has 0 amide bonds. The smallest absolute Gasteiger partial charge is 0.306 e. The maximum absolute atomic E-state index is 12.9. The second-order valence-corrected chi connectivity index (χ2v) is 21.2. The predicted octanol–water partition coefficient (Wildman–Crippen LogP) is 17.1. The van der Waals surface area contributed by atoms with Crippen molar-refractivity contribution in [3.8, 4) is 0 Å². The van der Waals surface area contributed by atoms with Crippen LogP contribution >= 0.6 is 0 Å². The minimum atomic E-state index is -1.63. The van der Waals surface area contributed by atoms with Crippen molar-refractivity contribution in [2.75, 3.05) is 47.5 Å². The van der Waals surface area contributed by atoms with Crippen molar-refractivity contribution >= 4 is 17.9 Å². The molecule has 0 heterocycles. The number of unbranched alkanes of at least 4 members (excludes halogenated alkanes) is 20. The lowest BCUT2D eigenvalue weighted by Crippen LogP contribution is -2.44. The number of carboxylic acids is 1. The number of carbonyl (C=O) groups excluding carboxylic acids is 3. The molecule has 2 atom stereocenters. The van der Waals surface area contributed by atoms with E-state index in [1.165, 1.54) is 77.0 Å². The molecular weight excluding hydrogens is 959 g/mol. The van der Waals surface area contributed by atoms with Gasteiger partial charge < -0.3 is 33.3 Å². The second kappa shape index (κ2) is 57.9. The highest BCUT2D eigenvalue weighted by Gasteiger charge is 2.22. The molecule has 0 spiro atoms. The minimum Gasteiger partial charge on any atom is -0.545 e. The fourth-order valence-electron chi connectivity index (χ4n) is 8.06. The number of quaternary nitrogens is 1. The first kappa shape index (κ1) is 72.7. The zero-order chi connectivity index (χ0) is 56.2. The van der Waals surface area contributed by atoms with E-state index in [4.69, 9.17) is 18.9 Å². The molecule has 2 unspecified atom stereocenters. The SMILES string of the molecule is CC/C=C\C/C=C\C/C=C\C/C=C\C/C=C\C/C=C\C/C=C\CCCCCCCCCCCCCCCCCC(=O)OC(COC(=O)CCCCCCC/C=C\C/C=C\C/C=C\CC)COC(OCC[N+](C)(C)C)C(=O)[O-]. The van der Waals surface area contributed by atoms with E-state index in [0.29, 0.717) is 23.9 Å². The molecule has 0 aromatic rings. The van der Waals surface area contributed by atoms with E-state index in [2.05, 4.69) is 135 Å². The van der Waals surface area contributed by atoms with Crippen LogP contribution in [0.3, 0.4) is 0 Å². The molecule has 0 saturated heterocycles. The number of esters is 2. The van der Waals surface area contributed by atoms with Gasteiger partial charge in [0, 0.05) is 12.8 Å². The van der Waals surface area contributed by atoms with Crippen LogP contribution in [0.15, 0.2) is 122 Å². The molecule has 0 fully saturated rings. The van der Waals surface area contributed by atoms with Gasteiger partial charge in [-0.3, -0.25) is 9.59 Å². The Hall–Kier alpha value is -4.31. The van der Waals surface area contributed by atoms with Crippen molar-refractivity contribution in [3.63, 3.8) is 0 Å². The molecular formula is C68H113NO8. The number of ether oxygens (including phenoxy) is 4. The number of nitrogens with zero attached hydrogens (tertiary/aromatic N) is 1. The van der Waals surface area contributed by atoms with Gasteiger partial charge in [-0.1, -0.05) is 238 Å². The largest absolute Gasteiger partial charge is 0.545 e. The Bertz CT molecular complexity index is 1670. The van der Waals surface area contributed by atoms with Gasteiger partial charge in [-0.25, -0.2) is 0 Å². The number of aliphatic carboxylic acids is 1. The average Bonchev–Trinajstić information content (AvgIpc) is 3.40. The van der Waals surface area contributed by atoms with Crippen molar-refractivity contribution in [2.45, 2.75) is 245 Å². The normalized spacial score (nSPS) is 13.6. The first-order valence-corrected chi connectivity index (χ1v) is 30.7. The monoisotopic (exact) mass is 1070 g/mol. The van der Waals surface area contributed by atoms with E-state index in [9.17, 15) is 19.5 Å². The van der Waals surface area contributed by atoms with Gasteiger partial charge in [-0.05, 0) is 103 Å². The Morgan fingerprint density at radius 3 is 1.04 bits per heavy atom. The zero-order valence-corrected chi connectivity index (χ0v) is 49.8. The van der Waals surface area contributed by atoms with Crippen LogP contribution in [-0.4, -0.2) is 82.3 Å². The molecule has 0 bridgehead atoms. The van der Waals surface area contributed by atoms with Crippen LogP contribution in [0.25, 0.3) is 0 Å². The van der Waals surface area contributed by atoms with Crippen molar-refractivity contribution < 1.29 is 42.9 Å². The lowest BCUT2D eigenvalue weighted by molar-refractivity contribution is -0.870. The van der Waals surface area contributed by atoms with Gasteiger partial charge in [0.05, 0.1) is 40.3 Å². The molecule has 0 aromatic heterocycles. The highest BCUT2D eigenvalue weighted by molar-refractivity contribution is 5.70. The van der Waals surface area contributed by atoms with Crippen molar-refractivity contribution in [1.82, 2.24) is 0 Å². The molecule has 0 rings (SSSR count). The van der Waals surface area contributed by atoms with E-state index in [0.717, 1.165) is 116 Å². The lowest BCUT2D eigenvalue weighted by atomic mass is 10.0. The van der Waals surface area contributed by atoms with Crippen LogP contribution in [0.1, 0.15) is 232 Å². The van der Waals surface area contributed by atoms with Gasteiger partial charge in [0.2, 0.25) is 0 Å². The Kier molecular flexibility index (Phi) is 54.6. The fourth-order valence-corrected chi connectivity index (χ4v) is 8.06. The lowest BCUT2D eigenvalue weighted by Gasteiger charge is -2.26. The number of carboxylic acid groups (broad SMARTS) is 1. The summed E-state index contributed by atoms with van der Waals surface area (Å²) < 4.78 is 22.7. The van der Waals surface area contributed by atoms with E-state index in [-0.39, 0.29) is 38.6 Å². The van der Waals surface area contributed by atoms with Crippen molar-refractivity contribution in [2.24, 2.45) is 0 Å². The highest BCUT2D eigenvalue weighted by Crippen LogP contribution is 2.16. The molecule has 0 N–H and O–H groups in total. The summed E-state index contributed by atoms with van der Waals surface area (Å²) in [6, 6.07) is 0. The van der Waals surface area contributed by atoms with Crippen molar-refractivity contribution in [1.29, 1.82) is 0 Å². The molecule has 0 radical (unpaired) electrons. The molecule has 9 heteroatoms. The summed E-state index contributed by atoms with van der Waals surface area (Å²) in [6.07, 6.45) is 78.4. The van der Waals surface area contributed by atoms with Crippen LogP contribution in [0.4, 0.5) is 0 Å². The zero-order valence-electron chi connectivity index (χ0n) is 49.8. The third-order valence-corrected chi connectivity index (χ3v) is 12.7. The number of likely N-dealkylation sites (N-methyl/N-ethyl adjacent to an activating group) is 1. The Morgan fingerprint density at radius 2 is 0.701 bits per heavy atom. The summed E-state index contributed by atoms with van der Waals surface area (Å²) in [6.45, 7) is 4.49. The molecule has 438 valence electrons. The summed E-state index contributed by atoms with van der Waals surface area (Å²) in [5, 5.41) is 11.8. The number of carbonyl (C=O) groups is 3. The Morgan fingerprint density at radius 1 is 0.390 bits per heavy atom. The quantitative estimate of drug-likeness (QED) is 0.0195. The van der Waals surface area contributed by atoms with Crippen LogP contribution in [0.2, 0.25) is 0 Å². The topological polar surface area (TPSA) is 111 Å². The molecule has 77 heavy (non-hydrogen) atoms. The van der Waals surface area contributed by atoms with E-state index >= 15 is 0 Å². The average molecular weight is 1070 g/mol. The van der Waals surface area contributed by atoms with Gasteiger partial charge in [0.1, 0.15) is 13.2 Å². The van der Waals surface area contributed by atoms with E-state index in [1.807, 2.05) is 21.1 Å². The van der Waals surface area contributed by atoms with Crippen LogP contribution < -0.4 is 5.11 Å². The predicted molar refractivity (Wildman–Crippen MR) is 324 cm³/mol. The summed E-state index contributed by atoms with van der Waals surface area (Å²) in [7, 11) is 5.91. The summed E-state index contributed by atoms with van der Waals surface area (Å²) in [5.41, 5.74) is 0. The van der Waals surface area contributed by atoms with Gasteiger partial charge in [-0.2, -0.15) is 0 Å². The highest BCUT2D eigenvalue weighted by atomic mass is 16.7. The second-order valence-electron chi connectivity index (χ2n) is 21.2. The van der Waals surface area contributed by atoms with Crippen LogP contribution in [0, 0.1) is 0 Å². The third-order valence-electron chi connectivity index (χ3n) is 12.7. The van der Waals surface area contributed by atoms with E-state index in [1.54, 1.807) is 0 Å². The molecule has 9 nitrogen and oxygen atoms in total. The third kappa shape index (κ3) is 59.2. The molecule has 0 aliphatic heterocycles. The van der Waals surface area contributed by atoms with Crippen molar-refractivity contribution in [3.05, 3.63) is 122 Å².